The van der Waals surface area contributed by atoms with E-state index in [1.807, 2.05) is 7.05 Å². The number of carbonyl (C=O) groups is 1. The summed E-state index contributed by atoms with van der Waals surface area (Å²) in [5.41, 5.74) is 5.44. The molecule has 1 aliphatic heterocycles. The first kappa shape index (κ1) is 12.8. The van der Waals surface area contributed by atoms with Crippen molar-refractivity contribution < 1.29 is 9.53 Å². The van der Waals surface area contributed by atoms with Gasteiger partial charge < -0.3 is 15.8 Å². The van der Waals surface area contributed by atoms with Gasteiger partial charge in [0.25, 0.3) is 0 Å². The van der Waals surface area contributed by atoms with Crippen LogP contribution in [0.5, 0.6) is 0 Å². The van der Waals surface area contributed by atoms with Gasteiger partial charge in [-0.15, -0.1) is 0 Å². The summed E-state index contributed by atoms with van der Waals surface area (Å²) >= 11 is 0. The quantitative estimate of drug-likeness (QED) is 0.670. The summed E-state index contributed by atoms with van der Waals surface area (Å²) in [7, 11) is 2.04. The summed E-state index contributed by atoms with van der Waals surface area (Å²) in [5, 5.41) is 3.30. The first-order valence-corrected chi connectivity index (χ1v) is 6.45. The molecule has 0 radical (unpaired) electrons. The lowest BCUT2D eigenvalue weighted by atomic mass is 10.1. The molecule has 3 N–H and O–H groups in total. The molecule has 2 rings (SSSR count). The van der Waals surface area contributed by atoms with Gasteiger partial charge in [-0.1, -0.05) is 0 Å². The first-order chi connectivity index (χ1) is 8.08. The van der Waals surface area contributed by atoms with Crippen LogP contribution in [0, 0.1) is 0 Å². The molecule has 1 aliphatic carbocycles. The van der Waals surface area contributed by atoms with Crippen molar-refractivity contribution in [1.82, 2.24) is 10.2 Å². The Labute approximate surface area is 103 Å². The Hall–Kier alpha value is -0.650. The molecule has 2 aliphatic rings. The van der Waals surface area contributed by atoms with Crippen molar-refractivity contribution in [3.05, 3.63) is 0 Å². The SMILES string of the molecule is CC1OCCC1N(C)CC(NC1CC1)C(N)=O. The molecule has 5 nitrogen and oxygen atoms in total. The second-order valence-electron chi connectivity index (χ2n) is 5.27. The fourth-order valence-electron chi connectivity index (χ4n) is 2.48. The second kappa shape index (κ2) is 5.33. The van der Waals surface area contributed by atoms with Gasteiger partial charge in [0.15, 0.2) is 0 Å². The summed E-state index contributed by atoms with van der Waals surface area (Å²) in [4.78, 5) is 13.6. The number of carbonyl (C=O) groups excluding carboxylic acids is 1. The van der Waals surface area contributed by atoms with Crippen LogP contribution in [0.4, 0.5) is 0 Å². The van der Waals surface area contributed by atoms with Crippen LogP contribution in [0.15, 0.2) is 0 Å². The topological polar surface area (TPSA) is 67.6 Å². The zero-order chi connectivity index (χ0) is 12.4. The molecular weight excluding hydrogens is 218 g/mol. The molecule has 0 aromatic rings. The van der Waals surface area contributed by atoms with Gasteiger partial charge in [-0.3, -0.25) is 9.69 Å². The van der Waals surface area contributed by atoms with Gasteiger partial charge >= 0.3 is 0 Å². The van der Waals surface area contributed by atoms with Gasteiger partial charge in [0.05, 0.1) is 12.1 Å². The van der Waals surface area contributed by atoms with E-state index >= 15 is 0 Å². The molecule has 98 valence electrons. The van der Waals surface area contributed by atoms with Gasteiger partial charge in [-0.25, -0.2) is 0 Å². The van der Waals surface area contributed by atoms with Crippen molar-refractivity contribution in [1.29, 1.82) is 0 Å². The molecule has 1 heterocycles. The lowest BCUT2D eigenvalue weighted by molar-refractivity contribution is -0.120. The molecule has 5 heteroatoms. The number of ether oxygens (including phenoxy) is 1. The number of nitrogens with one attached hydrogen (secondary N) is 1. The van der Waals surface area contributed by atoms with E-state index < -0.39 is 0 Å². The number of hydrogen-bond acceptors (Lipinski definition) is 4. The second-order valence-corrected chi connectivity index (χ2v) is 5.27. The zero-order valence-electron chi connectivity index (χ0n) is 10.7. The van der Waals surface area contributed by atoms with Crippen LogP contribution in [-0.2, 0) is 9.53 Å². The average molecular weight is 241 g/mol. The van der Waals surface area contributed by atoms with E-state index in [1.54, 1.807) is 0 Å². The Kier molecular flexibility index (Phi) is 4.01. The molecule has 2 fully saturated rings. The Morgan fingerprint density at radius 1 is 1.53 bits per heavy atom. The minimum Gasteiger partial charge on any atom is -0.377 e. The summed E-state index contributed by atoms with van der Waals surface area (Å²) in [6.45, 7) is 3.57. The number of primary amides is 1. The van der Waals surface area contributed by atoms with E-state index in [1.165, 1.54) is 0 Å². The van der Waals surface area contributed by atoms with Crippen molar-refractivity contribution in [3.63, 3.8) is 0 Å². The lowest BCUT2D eigenvalue weighted by Crippen LogP contribution is -2.52. The fraction of sp³-hybridized carbons (Fsp3) is 0.917. The summed E-state index contributed by atoms with van der Waals surface area (Å²) in [6.07, 6.45) is 3.61. The molecule has 1 amide bonds. The van der Waals surface area contributed by atoms with Crippen LogP contribution < -0.4 is 11.1 Å². The maximum atomic E-state index is 11.4. The predicted octanol–water partition coefficient (Wildman–Crippen LogP) is -0.298. The van der Waals surface area contributed by atoms with Gasteiger partial charge in [-0.2, -0.15) is 0 Å². The van der Waals surface area contributed by atoms with Crippen molar-refractivity contribution >= 4 is 5.91 Å². The van der Waals surface area contributed by atoms with Gasteiger partial charge in [0.2, 0.25) is 5.91 Å². The van der Waals surface area contributed by atoms with Crippen LogP contribution in [0.1, 0.15) is 26.2 Å². The molecule has 0 spiro atoms. The Morgan fingerprint density at radius 2 is 2.24 bits per heavy atom. The predicted molar refractivity (Wildman–Crippen MR) is 65.6 cm³/mol. The van der Waals surface area contributed by atoms with Crippen molar-refractivity contribution in [2.45, 2.75) is 50.4 Å². The van der Waals surface area contributed by atoms with Crippen LogP contribution in [0.2, 0.25) is 0 Å². The molecular formula is C12H23N3O2. The highest BCUT2D eigenvalue weighted by atomic mass is 16.5. The molecule has 17 heavy (non-hydrogen) atoms. The molecule has 0 bridgehead atoms. The number of rotatable bonds is 6. The normalized spacial score (nSPS) is 30.8. The average Bonchev–Trinajstić information content (AvgIpc) is 2.97. The van der Waals surface area contributed by atoms with Gasteiger partial charge in [0, 0.05) is 25.2 Å². The van der Waals surface area contributed by atoms with E-state index in [9.17, 15) is 4.79 Å². The Morgan fingerprint density at radius 3 is 2.71 bits per heavy atom. The van der Waals surface area contributed by atoms with E-state index in [0.29, 0.717) is 18.6 Å². The van der Waals surface area contributed by atoms with Crippen LogP contribution >= 0.6 is 0 Å². The third kappa shape index (κ3) is 3.40. The highest BCUT2D eigenvalue weighted by molar-refractivity contribution is 5.80. The highest BCUT2D eigenvalue weighted by Gasteiger charge is 2.32. The van der Waals surface area contributed by atoms with Crippen LogP contribution in [0.25, 0.3) is 0 Å². The van der Waals surface area contributed by atoms with Crippen LogP contribution in [-0.4, -0.2) is 55.2 Å². The lowest BCUT2D eigenvalue weighted by Gasteiger charge is -2.29. The minimum absolute atomic E-state index is 0.236. The van der Waals surface area contributed by atoms with E-state index in [-0.39, 0.29) is 18.1 Å². The van der Waals surface area contributed by atoms with Crippen molar-refractivity contribution in [2.24, 2.45) is 5.73 Å². The van der Waals surface area contributed by atoms with E-state index in [2.05, 4.69) is 17.1 Å². The third-order valence-electron chi connectivity index (χ3n) is 3.73. The number of amides is 1. The van der Waals surface area contributed by atoms with E-state index in [0.717, 1.165) is 25.9 Å². The fourth-order valence-corrected chi connectivity index (χ4v) is 2.48. The molecule has 3 unspecified atom stereocenters. The zero-order valence-corrected chi connectivity index (χ0v) is 10.7. The van der Waals surface area contributed by atoms with Gasteiger partial charge in [0.1, 0.15) is 0 Å². The molecule has 0 aromatic heterocycles. The third-order valence-corrected chi connectivity index (χ3v) is 3.73. The van der Waals surface area contributed by atoms with Gasteiger partial charge in [-0.05, 0) is 33.2 Å². The Balaban J connectivity index is 1.85. The number of likely N-dealkylation sites (N-methyl/N-ethyl adjacent to an activating group) is 1. The largest absolute Gasteiger partial charge is 0.377 e. The molecule has 1 saturated carbocycles. The number of nitrogens with two attached hydrogens (primary N) is 1. The minimum atomic E-state index is -0.254. The van der Waals surface area contributed by atoms with Crippen molar-refractivity contribution in [3.8, 4) is 0 Å². The summed E-state index contributed by atoms with van der Waals surface area (Å²) in [5.74, 6) is -0.254. The maximum absolute atomic E-state index is 11.4. The molecule has 0 aromatic carbocycles. The van der Waals surface area contributed by atoms with Crippen molar-refractivity contribution in [2.75, 3.05) is 20.2 Å². The Bertz CT molecular complexity index is 281. The number of hydrogen-bond donors (Lipinski definition) is 2. The maximum Gasteiger partial charge on any atom is 0.235 e. The standard InChI is InChI=1S/C12H23N3O2/c1-8-11(5-6-17-8)15(2)7-10(12(13)16)14-9-3-4-9/h8-11,14H,3-7H2,1-2H3,(H2,13,16). The smallest absolute Gasteiger partial charge is 0.235 e. The number of nitrogens with zero attached hydrogens (tertiary/aromatic N) is 1. The molecule has 1 saturated heterocycles. The monoisotopic (exact) mass is 241 g/mol. The van der Waals surface area contributed by atoms with E-state index in [4.69, 9.17) is 10.5 Å². The highest BCUT2D eigenvalue weighted by Crippen LogP contribution is 2.21. The summed E-state index contributed by atoms with van der Waals surface area (Å²) < 4.78 is 5.54. The molecule has 3 atom stereocenters. The van der Waals surface area contributed by atoms with Crippen LogP contribution in [0.3, 0.4) is 0 Å². The first-order valence-electron chi connectivity index (χ1n) is 6.45. The summed E-state index contributed by atoms with van der Waals surface area (Å²) in [6, 6.07) is 0.663.